The number of hydrogen-bond donors (Lipinski definition) is 0. The van der Waals surface area contributed by atoms with Crippen LogP contribution in [0, 0.1) is 0 Å². The third-order valence-electron chi connectivity index (χ3n) is 1.56. The number of rotatable bonds is 2. The van der Waals surface area contributed by atoms with E-state index in [4.69, 9.17) is 0 Å². The zero-order valence-corrected chi connectivity index (χ0v) is 5.57. The first-order valence-electron chi connectivity index (χ1n) is 3.22. The van der Waals surface area contributed by atoms with Gasteiger partial charge >= 0.3 is 0 Å². The zero-order valence-electron chi connectivity index (χ0n) is 5.57. The highest BCUT2D eigenvalue weighted by molar-refractivity contribution is 5.42. The van der Waals surface area contributed by atoms with Crippen LogP contribution >= 0.6 is 0 Å². The molecule has 44 valence electrons. The molecule has 0 heteroatoms. The van der Waals surface area contributed by atoms with Crippen molar-refractivity contribution in [3.8, 4) is 0 Å². The van der Waals surface area contributed by atoms with Crippen molar-refractivity contribution in [2.45, 2.75) is 26.7 Å². The van der Waals surface area contributed by atoms with E-state index in [0.717, 1.165) is 0 Å². The predicted molar refractivity (Wildman–Crippen MR) is 36.7 cm³/mol. The standard InChI is InChI=1S/C8H12/c1-3-4-8-6-5-7(8)2/h5-6H,3-4H2,1-2H3. The van der Waals surface area contributed by atoms with Gasteiger partial charge in [0.1, 0.15) is 0 Å². The highest BCUT2D eigenvalue weighted by atomic mass is 14.1. The molecule has 0 fully saturated rings. The Bertz CT molecular complexity index is 138. The second kappa shape index (κ2) is 2.17. The fraction of sp³-hybridized carbons (Fsp3) is 0.500. The Morgan fingerprint density at radius 3 is 2.25 bits per heavy atom. The molecule has 0 nitrogen and oxygen atoms in total. The van der Waals surface area contributed by atoms with Crippen molar-refractivity contribution in [2.75, 3.05) is 0 Å². The third kappa shape index (κ3) is 0.835. The Hall–Kier alpha value is -0.520. The molecule has 1 rings (SSSR count). The molecule has 0 saturated carbocycles. The van der Waals surface area contributed by atoms with Crippen LogP contribution in [0.3, 0.4) is 0 Å². The molecule has 0 aromatic carbocycles. The van der Waals surface area contributed by atoms with Crippen molar-refractivity contribution in [1.82, 2.24) is 0 Å². The summed E-state index contributed by atoms with van der Waals surface area (Å²) in [5.74, 6) is 0. The van der Waals surface area contributed by atoms with Gasteiger partial charge in [0.15, 0.2) is 0 Å². The molecule has 0 radical (unpaired) electrons. The lowest BCUT2D eigenvalue weighted by molar-refractivity contribution is 0.907. The van der Waals surface area contributed by atoms with Crippen molar-refractivity contribution in [3.05, 3.63) is 23.3 Å². The van der Waals surface area contributed by atoms with E-state index in [-0.39, 0.29) is 0 Å². The average Bonchev–Trinajstić information content (AvgIpc) is 1.79. The minimum atomic E-state index is 1.27. The summed E-state index contributed by atoms with van der Waals surface area (Å²) in [7, 11) is 0. The smallest absolute Gasteiger partial charge is 0.0279 e. The quantitative estimate of drug-likeness (QED) is 0.510. The van der Waals surface area contributed by atoms with Crippen LogP contribution in [0.2, 0.25) is 0 Å². The molecule has 0 unspecified atom stereocenters. The van der Waals surface area contributed by atoms with E-state index >= 15 is 0 Å². The van der Waals surface area contributed by atoms with Gasteiger partial charge in [-0.25, -0.2) is 0 Å². The molecule has 8 heavy (non-hydrogen) atoms. The summed E-state index contributed by atoms with van der Waals surface area (Å²) >= 11 is 0. The molecule has 0 atom stereocenters. The summed E-state index contributed by atoms with van der Waals surface area (Å²) in [6.45, 7) is 4.39. The Labute approximate surface area is 50.9 Å². The SMILES string of the molecule is CCCC1=C(C)C=C1. The lowest BCUT2D eigenvalue weighted by Gasteiger charge is -2.10. The van der Waals surface area contributed by atoms with Gasteiger partial charge in [-0.1, -0.05) is 25.5 Å². The lowest BCUT2D eigenvalue weighted by Crippen LogP contribution is -1.90. The van der Waals surface area contributed by atoms with Gasteiger partial charge in [-0.05, 0) is 24.5 Å². The summed E-state index contributed by atoms with van der Waals surface area (Å²) < 4.78 is 0. The van der Waals surface area contributed by atoms with Crippen molar-refractivity contribution >= 4 is 0 Å². The zero-order chi connectivity index (χ0) is 5.98. The normalized spacial score (nSPS) is 16.8. The van der Waals surface area contributed by atoms with Crippen molar-refractivity contribution in [3.63, 3.8) is 0 Å². The van der Waals surface area contributed by atoms with E-state index < -0.39 is 0 Å². The van der Waals surface area contributed by atoms with Crippen LogP contribution in [0.15, 0.2) is 23.3 Å². The van der Waals surface area contributed by atoms with Gasteiger partial charge < -0.3 is 0 Å². The molecule has 0 aromatic heterocycles. The molecule has 0 N–H and O–H groups in total. The van der Waals surface area contributed by atoms with Gasteiger partial charge in [0.25, 0.3) is 0 Å². The highest BCUT2D eigenvalue weighted by Gasteiger charge is 2.01. The van der Waals surface area contributed by atoms with Crippen LogP contribution in [0.25, 0.3) is 0 Å². The second-order valence-corrected chi connectivity index (χ2v) is 2.29. The molecule has 0 spiro atoms. The Kier molecular flexibility index (Phi) is 1.52. The molecule has 0 heterocycles. The van der Waals surface area contributed by atoms with Gasteiger partial charge in [0.05, 0.1) is 0 Å². The van der Waals surface area contributed by atoms with E-state index in [0.29, 0.717) is 0 Å². The average molecular weight is 108 g/mol. The summed E-state index contributed by atoms with van der Waals surface area (Å²) in [5, 5.41) is 0. The number of hydrogen-bond acceptors (Lipinski definition) is 0. The Morgan fingerprint density at radius 2 is 2.12 bits per heavy atom. The van der Waals surface area contributed by atoms with Gasteiger partial charge in [-0.3, -0.25) is 0 Å². The van der Waals surface area contributed by atoms with Crippen LogP contribution < -0.4 is 0 Å². The molecule has 0 amide bonds. The van der Waals surface area contributed by atoms with Crippen LogP contribution in [-0.4, -0.2) is 0 Å². The summed E-state index contributed by atoms with van der Waals surface area (Å²) in [4.78, 5) is 0. The maximum Gasteiger partial charge on any atom is -0.0279 e. The monoisotopic (exact) mass is 108 g/mol. The second-order valence-electron chi connectivity index (χ2n) is 2.29. The van der Waals surface area contributed by atoms with Crippen LogP contribution in [0.4, 0.5) is 0 Å². The maximum atomic E-state index is 2.21. The molecular formula is C8H12. The molecule has 0 bridgehead atoms. The fourth-order valence-electron chi connectivity index (χ4n) is 0.918. The van der Waals surface area contributed by atoms with E-state index in [1.807, 2.05) is 0 Å². The maximum absolute atomic E-state index is 2.21. The highest BCUT2D eigenvalue weighted by Crippen LogP contribution is 2.21. The van der Waals surface area contributed by atoms with Crippen LogP contribution in [-0.2, 0) is 0 Å². The molecule has 1 aliphatic carbocycles. The van der Waals surface area contributed by atoms with Gasteiger partial charge in [0.2, 0.25) is 0 Å². The topological polar surface area (TPSA) is 0 Å². The van der Waals surface area contributed by atoms with Crippen LogP contribution in [0.5, 0.6) is 0 Å². The van der Waals surface area contributed by atoms with E-state index in [2.05, 4.69) is 26.0 Å². The van der Waals surface area contributed by atoms with Crippen molar-refractivity contribution in [2.24, 2.45) is 0 Å². The van der Waals surface area contributed by atoms with Crippen molar-refractivity contribution in [1.29, 1.82) is 0 Å². The fourth-order valence-corrected chi connectivity index (χ4v) is 0.918. The molecular weight excluding hydrogens is 96.1 g/mol. The number of allylic oxidation sites excluding steroid dienone is 4. The Balaban J connectivity index is 2.37. The van der Waals surface area contributed by atoms with E-state index in [1.54, 1.807) is 5.57 Å². The summed E-state index contributed by atoms with van der Waals surface area (Å²) in [6, 6.07) is 0. The summed E-state index contributed by atoms with van der Waals surface area (Å²) in [6.07, 6.45) is 6.92. The largest absolute Gasteiger partial charge is 0.0651 e. The van der Waals surface area contributed by atoms with E-state index in [9.17, 15) is 0 Å². The van der Waals surface area contributed by atoms with Gasteiger partial charge in [0, 0.05) is 0 Å². The molecule has 0 aromatic rings. The third-order valence-corrected chi connectivity index (χ3v) is 1.56. The summed E-state index contributed by atoms with van der Waals surface area (Å²) in [5.41, 5.74) is 3.03. The van der Waals surface area contributed by atoms with Crippen molar-refractivity contribution < 1.29 is 0 Å². The first kappa shape index (κ1) is 5.61. The predicted octanol–water partition coefficient (Wildman–Crippen LogP) is 2.67. The molecule has 1 aliphatic rings. The van der Waals surface area contributed by atoms with Gasteiger partial charge in [-0.15, -0.1) is 0 Å². The first-order chi connectivity index (χ1) is 3.84. The Morgan fingerprint density at radius 1 is 1.38 bits per heavy atom. The minimum Gasteiger partial charge on any atom is -0.0651 e. The molecule has 0 saturated heterocycles. The lowest BCUT2D eigenvalue weighted by atomic mass is 9.96. The van der Waals surface area contributed by atoms with E-state index in [1.165, 1.54) is 18.4 Å². The van der Waals surface area contributed by atoms with Gasteiger partial charge in [-0.2, -0.15) is 0 Å². The molecule has 0 aliphatic heterocycles. The van der Waals surface area contributed by atoms with Crippen LogP contribution in [0.1, 0.15) is 26.7 Å². The first-order valence-corrected chi connectivity index (χ1v) is 3.22. The minimum absolute atomic E-state index is 1.27.